The first-order valence-corrected chi connectivity index (χ1v) is 29.1. The van der Waals surface area contributed by atoms with Crippen LogP contribution in [0.2, 0.25) is 0 Å². The molecule has 0 radical (unpaired) electrons. The predicted molar refractivity (Wildman–Crippen MR) is 296 cm³/mol. The third-order valence-corrected chi connectivity index (χ3v) is 18.0. The van der Waals surface area contributed by atoms with Crippen molar-refractivity contribution in [1.29, 1.82) is 0 Å². The number of hydrogen-bond acceptors (Lipinski definition) is 14. The smallest absolute Gasteiger partial charge is 0.243 e. The fourth-order valence-corrected chi connectivity index (χ4v) is 14.2. The van der Waals surface area contributed by atoms with Gasteiger partial charge in [-0.2, -0.15) is 0 Å². The van der Waals surface area contributed by atoms with Gasteiger partial charge in [0, 0.05) is 54.7 Å². The van der Waals surface area contributed by atoms with Crippen molar-refractivity contribution in [2.75, 3.05) is 84.0 Å². The van der Waals surface area contributed by atoms with Gasteiger partial charge in [0.15, 0.2) is 23.5 Å². The second kappa shape index (κ2) is 26.6. The molecule has 10 atom stereocenters. The highest BCUT2D eigenvalue weighted by Gasteiger charge is 2.76. The molecular weight excluding hydrogens is 1020 g/mol. The molecule has 2 unspecified atom stereocenters. The Hall–Kier alpha value is -5.44. The van der Waals surface area contributed by atoms with E-state index >= 15 is 0 Å². The number of fused-ring (bicyclic) bond motifs is 9. The molecule has 4 aliphatic carbocycles. The summed E-state index contributed by atoms with van der Waals surface area (Å²) in [6.45, 7) is 13.6. The minimum Gasteiger partial charge on any atom is -0.393 e. The zero-order valence-electron chi connectivity index (χ0n) is 46.9. The van der Waals surface area contributed by atoms with E-state index in [0.717, 1.165) is 52.8 Å². The van der Waals surface area contributed by atoms with Crippen molar-refractivity contribution in [1.82, 2.24) is 15.5 Å². The van der Waals surface area contributed by atoms with Crippen molar-refractivity contribution in [3.8, 4) is 0 Å². The lowest BCUT2D eigenvalue weighted by atomic mass is 9.46. The van der Waals surface area contributed by atoms with Gasteiger partial charge in [0.05, 0.1) is 83.8 Å². The minimum absolute atomic E-state index is 0.0168. The van der Waals surface area contributed by atoms with Crippen LogP contribution in [0.4, 0.5) is 5.69 Å². The number of rotatable bonds is 26. The number of benzene rings is 2. The summed E-state index contributed by atoms with van der Waals surface area (Å²) in [7, 11) is 0. The number of anilines is 1. The van der Waals surface area contributed by atoms with E-state index in [9.17, 15) is 33.9 Å². The number of Topliss-reactive ketones (excluding diaryl/α,β-unsaturated/α-hetero) is 1. The number of likely N-dealkylation sites (tertiary alicyclic amines) is 1. The van der Waals surface area contributed by atoms with E-state index in [0.29, 0.717) is 97.8 Å². The molecular formula is C62H82N4O14. The lowest BCUT2D eigenvalue weighted by Gasteiger charge is -2.59. The average molecular weight is 1110 g/mol. The van der Waals surface area contributed by atoms with Crippen molar-refractivity contribution in [2.45, 2.75) is 135 Å². The molecule has 2 saturated heterocycles. The Morgan fingerprint density at radius 1 is 0.838 bits per heavy atom. The largest absolute Gasteiger partial charge is 0.393 e. The highest BCUT2D eigenvalue weighted by Crippen LogP contribution is 2.70. The monoisotopic (exact) mass is 1110 g/mol. The third-order valence-electron chi connectivity index (χ3n) is 18.0. The van der Waals surface area contributed by atoms with Gasteiger partial charge in [0.25, 0.3) is 0 Å². The second-order valence-corrected chi connectivity index (χ2v) is 22.9. The van der Waals surface area contributed by atoms with Crippen LogP contribution in [0.5, 0.6) is 0 Å². The number of hydrogen-bond donors (Lipinski definition) is 3. The van der Waals surface area contributed by atoms with Gasteiger partial charge < -0.3 is 58.7 Å². The van der Waals surface area contributed by atoms with Gasteiger partial charge in [-0.15, -0.1) is 0 Å². The van der Waals surface area contributed by atoms with Gasteiger partial charge in [-0.05, 0) is 98.1 Å². The molecule has 0 bridgehead atoms. The molecule has 3 aliphatic heterocycles. The number of ether oxygens (including phenoxy) is 7. The molecule has 7 aliphatic rings. The Balaban J connectivity index is 0.605. The van der Waals surface area contributed by atoms with Crippen molar-refractivity contribution >= 4 is 46.5 Å². The lowest BCUT2D eigenvalue weighted by molar-refractivity contribution is -0.203. The summed E-state index contributed by atoms with van der Waals surface area (Å²) < 4.78 is 42.0. The summed E-state index contributed by atoms with van der Waals surface area (Å²) >= 11 is 0. The van der Waals surface area contributed by atoms with Crippen molar-refractivity contribution in [3.63, 3.8) is 0 Å². The maximum Gasteiger partial charge on any atom is 0.243 e. The third kappa shape index (κ3) is 12.8. The summed E-state index contributed by atoms with van der Waals surface area (Å²) in [4.78, 5) is 82.8. The molecule has 3 N–H and O–H groups in total. The second-order valence-electron chi connectivity index (χ2n) is 22.9. The summed E-state index contributed by atoms with van der Waals surface area (Å²) in [6.07, 6.45) is 9.02. The first-order chi connectivity index (χ1) is 38.7. The molecule has 5 fully saturated rings. The Labute approximate surface area is 470 Å². The van der Waals surface area contributed by atoms with E-state index in [-0.39, 0.29) is 98.6 Å². The van der Waals surface area contributed by atoms with Crippen LogP contribution < -0.4 is 15.5 Å². The normalized spacial score (nSPS) is 29.3. The van der Waals surface area contributed by atoms with Crippen LogP contribution in [0, 0.1) is 28.6 Å². The topological polar surface area (TPSA) is 218 Å². The molecule has 434 valence electrons. The molecule has 0 spiro atoms. The number of amides is 4. The van der Waals surface area contributed by atoms with Crippen molar-refractivity contribution in [2.24, 2.45) is 28.6 Å². The van der Waals surface area contributed by atoms with Crippen LogP contribution in [0.1, 0.15) is 108 Å². The molecule has 3 saturated carbocycles. The van der Waals surface area contributed by atoms with Gasteiger partial charge in [0.2, 0.25) is 23.6 Å². The van der Waals surface area contributed by atoms with E-state index in [1.807, 2.05) is 55.5 Å². The quantitative estimate of drug-likeness (QED) is 0.0927. The molecule has 18 nitrogen and oxygen atoms in total. The van der Waals surface area contributed by atoms with E-state index in [2.05, 4.69) is 37.1 Å². The number of allylic oxidation sites excluding steroid dienone is 5. The summed E-state index contributed by atoms with van der Waals surface area (Å²) in [6, 6.07) is 15.8. The SMILES string of the molecule is C=C1Cc2ccccc2CN(C(=O)CCC(=O)NCCOCCOCCOCCOCCC(=O)NCC(=O)N2CCCC2OCC(=O)[C@@]23OC(CCC)O[C@@H]2C[C@H]2[C@@H]4CCC5=CC(=O)C=C[C@]5(C)[C@H]4[C@@H](O)C[C@@]23C)c2ccccc21. The van der Waals surface area contributed by atoms with E-state index < -0.39 is 41.2 Å². The zero-order chi connectivity index (χ0) is 56.4. The van der Waals surface area contributed by atoms with Crippen LogP contribution in [-0.2, 0) is 74.9 Å². The van der Waals surface area contributed by atoms with Crippen molar-refractivity contribution in [3.05, 3.63) is 95.6 Å². The molecule has 18 heteroatoms. The van der Waals surface area contributed by atoms with Crippen LogP contribution in [0.25, 0.3) is 5.57 Å². The number of ketones is 2. The number of aliphatic hydroxyl groups is 1. The van der Waals surface area contributed by atoms with Gasteiger partial charge in [-0.3, -0.25) is 28.8 Å². The molecule has 2 aromatic rings. The van der Waals surface area contributed by atoms with Crippen LogP contribution in [-0.4, -0.2) is 155 Å². The molecule has 80 heavy (non-hydrogen) atoms. The van der Waals surface area contributed by atoms with Crippen LogP contribution in [0.3, 0.4) is 0 Å². The molecule has 3 heterocycles. The molecule has 9 rings (SSSR count). The number of carbonyl (C=O) groups excluding carboxylic acids is 6. The fourth-order valence-electron chi connectivity index (χ4n) is 14.2. The highest BCUT2D eigenvalue weighted by molar-refractivity contribution is 6.01. The minimum atomic E-state index is -1.33. The number of para-hydroxylation sites is 1. The first kappa shape index (κ1) is 59.2. The van der Waals surface area contributed by atoms with E-state index in [1.54, 1.807) is 22.0 Å². The maximum atomic E-state index is 14.8. The van der Waals surface area contributed by atoms with Crippen LogP contribution >= 0.6 is 0 Å². The number of nitrogens with zero attached hydrogens (tertiary/aromatic N) is 2. The summed E-state index contributed by atoms with van der Waals surface area (Å²) in [5, 5.41) is 17.6. The first-order valence-electron chi connectivity index (χ1n) is 29.1. The number of carbonyl (C=O) groups is 6. The Kier molecular flexibility index (Phi) is 19.7. The van der Waals surface area contributed by atoms with Gasteiger partial charge in [-0.25, -0.2) is 0 Å². The van der Waals surface area contributed by atoms with E-state index in [4.69, 9.17) is 33.2 Å². The van der Waals surface area contributed by atoms with Gasteiger partial charge in [0.1, 0.15) is 12.8 Å². The highest BCUT2D eigenvalue weighted by atomic mass is 16.7. The zero-order valence-corrected chi connectivity index (χ0v) is 46.9. The number of nitrogens with one attached hydrogen (secondary N) is 2. The Morgan fingerprint density at radius 2 is 1.54 bits per heavy atom. The van der Waals surface area contributed by atoms with E-state index in [1.165, 1.54) is 0 Å². The molecule has 2 aromatic carbocycles. The van der Waals surface area contributed by atoms with Crippen molar-refractivity contribution < 1.29 is 67.0 Å². The van der Waals surface area contributed by atoms with Crippen LogP contribution in [0.15, 0.2) is 78.9 Å². The molecule has 0 aromatic heterocycles. The fraction of sp³-hybridized carbons (Fsp3) is 0.613. The average Bonchev–Trinajstić information content (AvgIpc) is 4.29. The standard InChI is InChI=1S/C62H82N4O14/c1-5-11-58-79-52-36-48-47-18-17-44-35-45(67)21-23-60(44,3)59(47)50(68)37-61(48,4)62(52,80-58)51(69)40-78-57-16-10-25-65(57)56(73)38-64-54(71)22-26-74-28-30-76-32-33-77-31-29-75-27-24-63-53(70)19-20-55(72)66-39-43-13-7-6-12-42(43)34-41(2)46-14-8-9-15-49(46)66/h6-9,12-15,21,23,35,47-48,50,52,57-59,68H,2,5,10-11,16-20,22,24-34,36-40H2,1,3-4H3,(H,63,70)(H,64,71)/t47-,48-,50-,52+,57?,58?,59+,60-,61-,62+/m0/s1. The van der Waals surface area contributed by atoms with Gasteiger partial charge >= 0.3 is 0 Å². The maximum absolute atomic E-state index is 14.8. The number of aliphatic hydroxyl groups excluding tert-OH is 1. The Morgan fingerprint density at radius 3 is 2.30 bits per heavy atom. The predicted octanol–water partition coefficient (Wildman–Crippen LogP) is 5.96. The lowest BCUT2D eigenvalue weighted by Crippen LogP contribution is -2.63. The molecule has 4 amide bonds. The summed E-state index contributed by atoms with van der Waals surface area (Å²) in [5.41, 5.74) is 3.44. The van der Waals surface area contributed by atoms with Gasteiger partial charge in [-0.1, -0.05) is 87.9 Å². The summed E-state index contributed by atoms with van der Waals surface area (Å²) in [5.74, 6) is -1.22. The Bertz CT molecular complexity index is 2660.